The second kappa shape index (κ2) is 6.48. The number of nitrogens with zero attached hydrogens (tertiary/aromatic N) is 2. The van der Waals surface area contributed by atoms with Gasteiger partial charge in [0.1, 0.15) is 6.54 Å². The van der Waals surface area contributed by atoms with Gasteiger partial charge in [-0.3, -0.25) is 4.79 Å². The molecule has 0 aromatic heterocycles. The molecule has 24 heavy (non-hydrogen) atoms. The lowest BCUT2D eigenvalue weighted by atomic mass is 10.2. The van der Waals surface area contributed by atoms with Crippen molar-refractivity contribution < 1.29 is 31.8 Å². The van der Waals surface area contributed by atoms with Crippen LogP contribution in [0.2, 0.25) is 0 Å². The van der Waals surface area contributed by atoms with Gasteiger partial charge in [0.2, 0.25) is 10.0 Å². The van der Waals surface area contributed by atoms with Gasteiger partial charge in [-0.1, -0.05) is 6.07 Å². The van der Waals surface area contributed by atoms with Gasteiger partial charge in [0, 0.05) is 0 Å². The fraction of sp³-hybridized carbons (Fsp3) is 0.385. The highest BCUT2D eigenvalue weighted by molar-refractivity contribution is 7.92. The molecule has 1 saturated heterocycles. The molecule has 11 heteroatoms. The zero-order chi connectivity index (χ0) is 18.1. The summed E-state index contributed by atoms with van der Waals surface area (Å²) in [7, 11) is -8.10. The van der Waals surface area contributed by atoms with E-state index >= 15 is 0 Å². The summed E-state index contributed by atoms with van der Waals surface area (Å²) in [6, 6.07) is 5.27. The number of nitriles is 1. The Hall–Kier alpha value is -2.00. The zero-order valence-electron chi connectivity index (χ0n) is 12.2. The summed E-state index contributed by atoms with van der Waals surface area (Å²) in [6.45, 7) is -1.00. The summed E-state index contributed by atoms with van der Waals surface area (Å²) in [6.07, 6.45) is -1.52. The van der Waals surface area contributed by atoms with Crippen molar-refractivity contribution in [3.63, 3.8) is 0 Å². The molecule has 9 nitrogen and oxygen atoms in total. The molecule has 2 rings (SSSR count). The third-order valence-corrected chi connectivity index (χ3v) is 7.09. The van der Waals surface area contributed by atoms with Crippen LogP contribution in [0.5, 0.6) is 0 Å². The Morgan fingerprint density at radius 2 is 2.04 bits per heavy atom. The lowest BCUT2D eigenvalue weighted by Crippen LogP contribution is -2.48. The van der Waals surface area contributed by atoms with Crippen LogP contribution >= 0.6 is 0 Å². The molecule has 1 aromatic carbocycles. The Morgan fingerprint density at radius 3 is 2.54 bits per heavy atom. The Balaban J connectivity index is 2.51. The standard InChI is InChI=1S/C13H14N2O7S2/c14-5-9-2-1-3-10(4-9)24(21,22)15(6-13(17)18)11-7-23(19,20)8-12(11)16/h1-4,11-12,16H,6-8H2,(H,17,18)/t11-,12-/m1/s1. The third kappa shape index (κ3) is 3.73. The minimum atomic E-state index is -4.42. The number of sulfonamides is 1. The summed E-state index contributed by atoms with van der Waals surface area (Å²) < 4.78 is 49.2. The molecule has 0 unspecified atom stereocenters. The molecule has 1 fully saturated rings. The van der Waals surface area contributed by atoms with Gasteiger partial charge >= 0.3 is 5.97 Å². The highest BCUT2D eigenvalue weighted by Gasteiger charge is 2.45. The first kappa shape index (κ1) is 18.3. The van der Waals surface area contributed by atoms with Crippen LogP contribution in [0.15, 0.2) is 29.2 Å². The molecule has 0 amide bonds. The molecule has 0 radical (unpaired) electrons. The molecular formula is C13H14N2O7S2. The van der Waals surface area contributed by atoms with Gasteiger partial charge in [0.15, 0.2) is 9.84 Å². The van der Waals surface area contributed by atoms with Gasteiger partial charge in [-0.2, -0.15) is 9.57 Å². The van der Waals surface area contributed by atoms with E-state index in [9.17, 15) is 26.7 Å². The summed E-state index contributed by atoms with van der Waals surface area (Å²) >= 11 is 0. The van der Waals surface area contributed by atoms with Crippen molar-refractivity contribution in [2.45, 2.75) is 17.0 Å². The molecule has 1 heterocycles. The van der Waals surface area contributed by atoms with Crippen LogP contribution in [0.1, 0.15) is 5.56 Å². The maximum atomic E-state index is 12.7. The average Bonchev–Trinajstić information content (AvgIpc) is 2.77. The minimum absolute atomic E-state index is 0.0472. The van der Waals surface area contributed by atoms with Crippen molar-refractivity contribution in [2.75, 3.05) is 18.1 Å². The van der Waals surface area contributed by atoms with Gasteiger partial charge in [-0.15, -0.1) is 0 Å². The average molecular weight is 374 g/mol. The van der Waals surface area contributed by atoms with E-state index < -0.39 is 56.0 Å². The maximum absolute atomic E-state index is 12.7. The van der Waals surface area contributed by atoms with E-state index in [1.807, 2.05) is 0 Å². The summed E-state index contributed by atoms with van der Waals surface area (Å²) in [4.78, 5) is 10.7. The van der Waals surface area contributed by atoms with E-state index in [1.54, 1.807) is 6.07 Å². The molecule has 2 N–H and O–H groups in total. The Kier molecular flexibility index (Phi) is 4.95. The van der Waals surface area contributed by atoms with Crippen LogP contribution in [-0.4, -0.2) is 67.5 Å². The lowest BCUT2D eigenvalue weighted by molar-refractivity contribution is -0.137. The van der Waals surface area contributed by atoms with Crippen LogP contribution in [0.3, 0.4) is 0 Å². The molecular weight excluding hydrogens is 360 g/mol. The van der Waals surface area contributed by atoms with E-state index in [1.165, 1.54) is 18.2 Å². The number of aliphatic carboxylic acids is 1. The highest BCUT2D eigenvalue weighted by Crippen LogP contribution is 2.25. The molecule has 0 spiro atoms. The molecule has 1 aromatic rings. The zero-order valence-corrected chi connectivity index (χ0v) is 13.9. The SMILES string of the molecule is N#Cc1cccc(S(=O)(=O)N(CC(=O)O)[C@@H]2CS(=O)(=O)C[C@H]2O)c1. The fourth-order valence-corrected chi connectivity index (χ4v) is 6.01. The van der Waals surface area contributed by atoms with E-state index in [0.717, 1.165) is 6.07 Å². The Bertz CT molecular complexity index is 902. The van der Waals surface area contributed by atoms with E-state index in [-0.39, 0.29) is 10.5 Å². The Morgan fingerprint density at radius 1 is 1.38 bits per heavy atom. The van der Waals surface area contributed by atoms with Crippen LogP contribution in [0, 0.1) is 11.3 Å². The van der Waals surface area contributed by atoms with E-state index in [0.29, 0.717) is 4.31 Å². The number of hydrogen-bond donors (Lipinski definition) is 2. The van der Waals surface area contributed by atoms with Gasteiger partial charge < -0.3 is 10.2 Å². The van der Waals surface area contributed by atoms with Crippen molar-refractivity contribution in [2.24, 2.45) is 0 Å². The largest absolute Gasteiger partial charge is 0.480 e. The van der Waals surface area contributed by atoms with E-state index in [2.05, 4.69) is 0 Å². The number of benzene rings is 1. The number of carboxylic acids is 1. The number of hydrogen-bond acceptors (Lipinski definition) is 7. The molecule has 0 bridgehead atoms. The first-order chi connectivity index (χ1) is 11.1. The van der Waals surface area contributed by atoms with Crippen LogP contribution < -0.4 is 0 Å². The number of rotatable bonds is 5. The van der Waals surface area contributed by atoms with Crippen molar-refractivity contribution in [3.05, 3.63) is 29.8 Å². The quantitative estimate of drug-likeness (QED) is 0.651. The van der Waals surface area contributed by atoms with Crippen LogP contribution in [0.4, 0.5) is 0 Å². The predicted octanol–water partition coefficient (Wildman–Crippen LogP) is -1.21. The Labute approximate surface area is 138 Å². The van der Waals surface area contributed by atoms with Crippen LogP contribution in [0.25, 0.3) is 0 Å². The predicted molar refractivity (Wildman–Crippen MR) is 81.1 cm³/mol. The first-order valence-electron chi connectivity index (χ1n) is 6.69. The highest BCUT2D eigenvalue weighted by atomic mass is 32.2. The van der Waals surface area contributed by atoms with Crippen molar-refractivity contribution in [3.8, 4) is 6.07 Å². The van der Waals surface area contributed by atoms with Crippen LogP contribution in [-0.2, 0) is 24.7 Å². The second-order valence-corrected chi connectivity index (χ2v) is 9.34. The lowest BCUT2D eigenvalue weighted by Gasteiger charge is -2.27. The maximum Gasteiger partial charge on any atom is 0.318 e. The molecule has 0 aliphatic carbocycles. The number of aliphatic hydroxyl groups excluding tert-OH is 1. The molecule has 130 valence electrons. The van der Waals surface area contributed by atoms with Crippen molar-refractivity contribution in [1.82, 2.24) is 4.31 Å². The molecule has 1 aliphatic heterocycles. The van der Waals surface area contributed by atoms with Gasteiger partial charge in [0.25, 0.3) is 0 Å². The molecule has 0 saturated carbocycles. The number of carboxylic acid groups (broad SMARTS) is 1. The van der Waals surface area contributed by atoms with Gasteiger partial charge in [0.05, 0.1) is 40.2 Å². The number of sulfone groups is 1. The van der Waals surface area contributed by atoms with E-state index in [4.69, 9.17) is 10.4 Å². The fourth-order valence-electron chi connectivity index (χ4n) is 2.46. The topological polar surface area (TPSA) is 153 Å². The monoisotopic (exact) mass is 374 g/mol. The normalized spacial score (nSPS) is 23.0. The second-order valence-electron chi connectivity index (χ2n) is 5.30. The van der Waals surface area contributed by atoms with Gasteiger partial charge in [-0.05, 0) is 18.2 Å². The minimum Gasteiger partial charge on any atom is -0.480 e. The summed E-state index contributed by atoms with van der Waals surface area (Å²) in [5.74, 6) is -2.80. The molecule has 1 aliphatic rings. The van der Waals surface area contributed by atoms with Gasteiger partial charge in [-0.25, -0.2) is 16.8 Å². The number of aliphatic hydroxyl groups is 1. The number of carbonyl (C=O) groups is 1. The summed E-state index contributed by atoms with van der Waals surface area (Å²) in [5.41, 5.74) is 0.0472. The van der Waals surface area contributed by atoms with Crippen molar-refractivity contribution >= 4 is 25.8 Å². The smallest absolute Gasteiger partial charge is 0.318 e. The summed E-state index contributed by atoms with van der Waals surface area (Å²) in [5, 5.41) is 27.7. The first-order valence-corrected chi connectivity index (χ1v) is 9.95. The molecule has 2 atom stereocenters. The van der Waals surface area contributed by atoms with Crippen molar-refractivity contribution in [1.29, 1.82) is 5.26 Å². The third-order valence-electron chi connectivity index (χ3n) is 3.52.